The first kappa shape index (κ1) is 60.9. The Morgan fingerprint density at radius 1 is 0.533 bits per heavy atom. The molecule has 4 aliphatic carbocycles. The lowest BCUT2D eigenvalue weighted by Gasteiger charge is -2.62. The number of halogens is 18. The van der Waals surface area contributed by atoms with Gasteiger partial charge in [-0.05, 0) is 98.7 Å². The number of rotatable bonds is 12. The van der Waals surface area contributed by atoms with E-state index in [-0.39, 0.29) is 44.4 Å². The normalized spacial score (nSPS) is 33.8. The zero-order valence-corrected chi connectivity index (χ0v) is 38.7. The van der Waals surface area contributed by atoms with E-state index in [1.807, 2.05) is 0 Å². The highest BCUT2D eigenvalue weighted by atomic mass is 19.4. The number of ether oxygens (including phenoxy) is 8. The van der Waals surface area contributed by atoms with Crippen molar-refractivity contribution in [3.63, 3.8) is 0 Å². The van der Waals surface area contributed by atoms with Gasteiger partial charge in [0.2, 0.25) is 12.4 Å². The number of hydrogen-bond acceptors (Lipinski definition) is 15. The minimum absolute atomic E-state index is 0.0126. The van der Waals surface area contributed by atoms with Gasteiger partial charge >= 0.3 is 78.8 Å². The molecule has 5 unspecified atom stereocenters. The van der Waals surface area contributed by atoms with Crippen LogP contribution in [0.5, 0.6) is 0 Å². The second-order valence-corrected chi connectivity index (χ2v) is 19.4. The molecule has 75 heavy (non-hydrogen) atoms. The second-order valence-electron chi connectivity index (χ2n) is 19.4. The Labute approximate surface area is 410 Å². The van der Waals surface area contributed by atoms with Crippen LogP contribution in [0.15, 0.2) is 0 Å². The first-order chi connectivity index (χ1) is 34.0. The standard InChI is InChI=1S/C42H44F18O15/c1-15(19-7-8-20-18-6-5-16-12-17(69-30(63)38(46,47)48)10-11-35(16,2)21(18)13-23(36(19,20)3)71-31(64)39(49,50)51)4-9-24(61)72-28-27(75-34(67)42(58,59)60)26(74-33(66)41(55,56)57)25(73-32(65)40(52,53)54)22(70-28)14-68-29(62)37(43,44)45/h15-23,25-28H,4-14H2,1-3H3/t15-,16?,17-,18?,19-,20?,21?,22-,23?,25+,26+,27-,28+,35+,36-/m1/s1. The van der Waals surface area contributed by atoms with Crippen molar-refractivity contribution in [1.82, 2.24) is 0 Å². The molecule has 0 aromatic heterocycles. The van der Waals surface area contributed by atoms with Gasteiger partial charge in [-0.15, -0.1) is 0 Å². The molecule has 0 spiro atoms. The van der Waals surface area contributed by atoms with E-state index >= 15 is 0 Å². The fraction of sp³-hybridized carbons (Fsp3) is 0.833. The summed E-state index contributed by atoms with van der Waals surface area (Å²) < 4.78 is 276. The van der Waals surface area contributed by atoms with Gasteiger partial charge < -0.3 is 37.9 Å². The predicted octanol–water partition coefficient (Wildman–Crippen LogP) is 8.42. The molecular formula is C42H44F18O15. The minimum atomic E-state index is -6.26. The highest BCUT2D eigenvalue weighted by Gasteiger charge is 2.67. The zero-order valence-electron chi connectivity index (χ0n) is 38.7. The van der Waals surface area contributed by atoms with Crippen molar-refractivity contribution < 1.29 is 150 Å². The van der Waals surface area contributed by atoms with Crippen molar-refractivity contribution in [2.45, 2.75) is 165 Å². The van der Waals surface area contributed by atoms with Crippen LogP contribution < -0.4 is 0 Å². The molecule has 4 saturated carbocycles. The van der Waals surface area contributed by atoms with E-state index in [2.05, 4.69) is 18.9 Å². The summed E-state index contributed by atoms with van der Waals surface area (Å²) in [5, 5.41) is 0. The van der Waals surface area contributed by atoms with Crippen molar-refractivity contribution in [2.75, 3.05) is 6.61 Å². The zero-order chi connectivity index (χ0) is 57.0. The number of carbonyl (C=O) groups is 7. The molecule has 428 valence electrons. The quantitative estimate of drug-likeness (QED) is 0.103. The molecule has 5 fully saturated rings. The van der Waals surface area contributed by atoms with Gasteiger partial charge in [-0.3, -0.25) is 4.79 Å². The summed E-state index contributed by atoms with van der Waals surface area (Å²) in [6.45, 7) is 2.58. The van der Waals surface area contributed by atoms with E-state index in [9.17, 15) is 113 Å². The molecule has 5 rings (SSSR count). The molecule has 1 heterocycles. The van der Waals surface area contributed by atoms with Gasteiger partial charge in [0.25, 0.3) is 0 Å². The first-order valence-electron chi connectivity index (χ1n) is 22.5. The lowest BCUT2D eigenvalue weighted by molar-refractivity contribution is -0.315. The number of esters is 7. The van der Waals surface area contributed by atoms with Crippen LogP contribution in [0, 0.1) is 46.3 Å². The third-order valence-electron chi connectivity index (χ3n) is 15.1. The number of hydrogen-bond donors (Lipinski definition) is 0. The Bertz CT molecular complexity index is 2160. The predicted molar refractivity (Wildman–Crippen MR) is 200 cm³/mol. The Morgan fingerprint density at radius 3 is 1.53 bits per heavy atom. The third-order valence-corrected chi connectivity index (χ3v) is 15.1. The van der Waals surface area contributed by atoms with Crippen LogP contribution in [0.3, 0.4) is 0 Å². The molecule has 15 nitrogen and oxygen atoms in total. The summed E-state index contributed by atoms with van der Waals surface area (Å²) in [6.07, 6.45) is -55.7. The fourth-order valence-corrected chi connectivity index (χ4v) is 11.9. The molecule has 0 amide bonds. The van der Waals surface area contributed by atoms with Crippen LogP contribution in [0.4, 0.5) is 79.0 Å². The average molecular weight is 1130 g/mol. The van der Waals surface area contributed by atoms with Gasteiger partial charge in [0.15, 0.2) is 12.2 Å². The number of alkyl halides is 18. The van der Waals surface area contributed by atoms with E-state index in [0.29, 0.717) is 12.8 Å². The van der Waals surface area contributed by atoms with Crippen molar-refractivity contribution in [3.05, 3.63) is 0 Å². The molecule has 0 aromatic rings. The van der Waals surface area contributed by atoms with Crippen molar-refractivity contribution in [2.24, 2.45) is 46.3 Å². The first-order valence-corrected chi connectivity index (χ1v) is 22.5. The van der Waals surface area contributed by atoms with E-state index in [1.165, 1.54) is 13.8 Å². The Kier molecular flexibility index (Phi) is 17.4. The monoisotopic (exact) mass is 1130 g/mol. The van der Waals surface area contributed by atoms with Gasteiger partial charge in [0, 0.05) is 11.8 Å². The van der Waals surface area contributed by atoms with Crippen LogP contribution in [0.1, 0.15) is 85.0 Å². The maximum atomic E-state index is 13.9. The topological polar surface area (TPSA) is 193 Å². The van der Waals surface area contributed by atoms with Gasteiger partial charge in [-0.25, -0.2) is 28.8 Å². The fourth-order valence-electron chi connectivity index (χ4n) is 11.9. The number of fused-ring (bicyclic) bond motifs is 5. The molecule has 1 aliphatic heterocycles. The van der Waals surface area contributed by atoms with Gasteiger partial charge in [0.05, 0.1) is 0 Å². The van der Waals surface area contributed by atoms with Crippen LogP contribution in [-0.4, -0.2) is 128 Å². The lowest BCUT2D eigenvalue weighted by Crippen LogP contribution is -2.64. The van der Waals surface area contributed by atoms with Crippen LogP contribution in [-0.2, 0) is 71.5 Å². The van der Waals surface area contributed by atoms with E-state index < -0.39 is 182 Å². The van der Waals surface area contributed by atoms with Crippen molar-refractivity contribution in [3.8, 4) is 0 Å². The van der Waals surface area contributed by atoms with Crippen LogP contribution in [0.2, 0.25) is 0 Å². The molecule has 0 bridgehead atoms. The highest BCUT2D eigenvalue weighted by Crippen LogP contribution is 2.69. The largest absolute Gasteiger partial charge is 0.490 e. The summed E-state index contributed by atoms with van der Waals surface area (Å²) >= 11 is 0. The molecule has 0 N–H and O–H groups in total. The summed E-state index contributed by atoms with van der Waals surface area (Å²) in [5.41, 5.74) is -2.14. The summed E-state index contributed by atoms with van der Waals surface area (Å²) in [5.74, 6) is -23.9. The van der Waals surface area contributed by atoms with Gasteiger partial charge in [-0.1, -0.05) is 20.8 Å². The van der Waals surface area contributed by atoms with Crippen LogP contribution >= 0.6 is 0 Å². The summed E-state index contributed by atoms with van der Waals surface area (Å²) in [6, 6.07) is 0. The maximum Gasteiger partial charge on any atom is 0.490 e. The van der Waals surface area contributed by atoms with Crippen molar-refractivity contribution in [1.29, 1.82) is 0 Å². The maximum absolute atomic E-state index is 13.9. The Hall–Kier alpha value is -5.01. The van der Waals surface area contributed by atoms with E-state index in [0.717, 1.165) is 0 Å². The molecule has 15 atom stereocenters. The second kappa shape index (κ2) is 21.4. The number of carbonyl (C=O) groups excluding carboxylic acids is 7. The Morgan fingerprint density at radius 2 is 1.01 bits per heavy atom. The molecule has 0 radical (unpaired) electrons. The van der Waals surface area contributed by atoms with Gasteiger partial charge in [0.1, 0.15) is 24.9 Å². The molecule has 0 aromatic carbocycles. The molecular weight excluding hydrogens is 1090 g/mol. The minimum Gasteiger partial charge on any atom is -0.456 e. The lowest BCUT2D eigenvalue weighted by atomic mass is 9.43. The molecule has 5 aliphatic rings. The SMILES string of the molecule is C[C@H](CCC(=O)O[C@@H]1O[C@H](COC(=O)C(F)(F)F)[C@H](OC(=O)C(F)(F)F)[C@H](OC(=O)C(F)(F)F)[C@H]1OC(=O)C(F)(F)F)[C@H]1CCC2C3CCC4C[C@H](OC(=O)C(F)(F)F)CC[C@]4(C)C3CC(OC(=O)C(F)(F)F)[C@@]21C. The van der Waals surface area contributed by atoms with E-state index in [4.69, 9.17) is 18.9 Å². The Balaban J connectivity index is 1.43. The van der Waals surface area contributed by atoms with E-state index in [1.54, 1.807) is 6.92 Å². The average Bonchev–Trinajstić information content (AvgIpc) is 3.63. The van der Waals surface area contributed by atoms with Crippen molar-refractivity contribution >= 4 is 41.8 Å². The molecule has 1 saturated heterocycles. The smallest absolute Gasteiger partial charge is 0.456 e. The van der Waals surface area contributed by atoms with Gasteiger partial charge in [-0.2, -0.15) is 79.0 Å². The summed E-state index contributed by atoms with van der Waals surface area (Å²) in [4.78, 5) is 85.2. The highest BCUT2D eigenvalue weighted by molar-refractivity contribution is 5.79. The summed E-state index contributed by atoms with van der Waals surface area (Å²) in [7, 11) is 0. The third kappa shape index (κ3) is 13.6. The molecule has 33 heteroatoms. The van der Waals surface area contributed by atoms with Crippen LogP contribution in [0.25, 0.3) is 0 Å².